The molecule has 2 aliphatic carbocycles. The summed E-state index contributed by atoms with van der Waals surface area (Å²) in [4.78, 5) is 0. The van der Waals surface area contributed by atoms with Crippen molar-refractivity contribution in [3.63, 3.8) is 0 Å². The summed E-state index contributed by atoms with van der Waals surface area (Å²) >= 11 is 0. The molecule has 70 valence electrons. The monoisotopic (exact) mass is 184 g/mol. The molecule has 1 atom stereocenters. The van der Waals surface area contributed by atoms with Crippen LogP contribution in [0.4, 0.5) is 0 Å². The predicted octanol–water partition coefficient (Wildman–Crippen LogP) is 2.84. The fraction of sp³-hybridized carbons (Fsp3) is 0.231. The normalized spacial score (nSPS) is 23.6. The smallest absolute Gasteiger partial charge is 0.102 e. The molecule has 14 heavy (non-hydrogen) atoms. The maximum Gasteiger partial charge on any atom is 0.102 e. The molecule has 0 amide bonds. The summed E-state index contributed by atoms with van der Waals surface area (Å²) in [5, 5.41) is 10.1. The van der Waals surface area contributed by atoms with E-state index in [1.807, 2.05) is 18.2 Å². The third kappa shape index (κ3) is 0.933. The van der Waals surface area contributed by atoms with Gasteiger partial charge in [0, 0.05) is 0 Å². The summed E-state index contributed by atoms with van der Waals surface area (Å²) in [6, 6.07) is 8.14. The molecule has 1 unspecified atom stereocenters. The minimum absolute atomic E-state index is 0.355. The van der Waals surface area contributed by atoms with Crippen molar-refractivity contribution in [2.75, 3.05) is 0 Å². The van der Waals surface area contributed by atoms with Crippen LogP contribution in [-0.2, 0) is 0 Å². The molecule has 1 heteroatoms. The van der Waals surface area contributed by atoms with E-state index in [1.165, 1.54) is 16.7 Å². The van der Waals surface area contributed by atoms with E-state index < -0.39 is 0 Å². The van der Waals surface area contributed by atoms with Gasteiger partial charge in [-0.2, -0.15) is 0 Å². The molecule has 1 aromatic carbocycles. The van der Waals surface area contributed by atoms with Crippen LogP contribution in [0.1, 0.15) is 30.1 Å². The first-order chi connectivity index (χ1) is 6.88. The molecule has 0 radical (unpaired) electrons. The van der Waals surface area contributed by atoms with Crippen LogP contribution in [0.15, 0.2) is 42.0 Å². The second-order valence-corrected chi connectivity index (χ2v) is 3.87. The second kappa shape index (κ2) is 2.82. The molecule has 0 saturated carbocycles. The van der Waals surface area contributed by atoms with E-state index in [1.54, 1.807) is 0 Å². The molecule has 1 aromatic rings. The van der Waals surface area contributed by atoms with Crippen LogP contribution >= 0.6 is 0 Å². The zero-order valence-electron chi connectivity index (χ0n) is 7.90. The first-order valence-electron chi connectivity index (χ1n) is 5.05. The standard InChI is InChI=1S/C13H12O/c14-13-11-7-3-1-5-9(11)10-6-2-4-8-12(10)13/h1-3,5-7,13-14H,4,8H2. The maximum atomic E-state index is 10.1. The average molecular weight is 184 g/mol. The molecule has 0 aliphatic heterocycles. The van der Waals surface area contributed by atoms with Crippen molar-refractivity contribution in [3.05, 3.63) is 53.1 Å². The Morgan fingerprint density at radius 2 is 2.07 bits per heavy atom. The van der Waals surface area contributed by atoms with Gasteiger partial charge in [-0.3, -0.25) is 0 Å². The number of aliphatic hydroxyl groups excluding tert-OH is 1. The molecule has 0 aromatic heterocycles. The highest BCUT2D eigenvalue weighted by Gasteiger charge is 2.28. The third-order valence-corrected chi connectivity index (χ3v) is 3.09. The summed E-state index contributed by atoms with van der Waals surface area (Å²) in [7, 11) is 0. The SMILES string of the molecule is OC1C2=C(C=CCC2)c2ccccc21. The van der Waals surface area contributed by atoms with E-state index in [0.29, 0.717) is 0 Å². The molecule has 0 fully saturated rings. The lowest BCUT2D eigenvalue weighted by Crippen LogP contribution is -1.97. The fourth-order valence-corrected chi connectivity index (χ4v) is 2.40. The lowest BCUT2D eigenvalue weighted by Gasteiger charge is -2.11. The molecular formula is C13H12O. The quantitative estimate of drug-likeness (QED) is 0.657. The lowest BCUT2D eigenvalue weighted by molar-refractivity contribution is 0.215. The van der Waals surface area contributed by atoms with Crippen molar-refractivity contribution < 1.29 is 5.11 Å². The van der Waals surface area contributed by atoms with Gasteiger partial charge in [0.15, 0.2) is 0 Å². The third-order valence-electron chi connectivity index (χ3n) is 3.09. The van der Waals surface area contributed by atoms with Gasteiger partial charge in [0.05, 0.1) is 0 Å². The number of fused-ring (bicyclic) bond motifs is 2. The van der Waals surface area contributed by atoms with Crippen molar-refractivity contribution in [2.45, 2.75) is 18.9 Å². The molecule has 0 heterocycles. The summed E-state index contributed by atoms with van der Waals surface area (Å²) in [6.07, 6.45) is 6.04. The Morgan fingerprint density at radius 3 is 3.00 bits per heavy atom. The number of hydrogen-bond acceptors (Lipinski definition) is 1. The topological polar surface area (TPSA) is 20.2 Å². The Morgan fingerprint density at radius 1 is 1.21 bits per heavy atom. The number of allylic oxidation sites excluding steroid dienone is 3. The summed E-state index contributed by atoms with van der Waals surface area (Å²) < 4.78 is 0. The van der Waals surface area contributed by atoms with Gasteiger partial charge in [0.1, 0.15) is 6.10 Å². The van der Waals surface area contributed by atoms with Gasteiger partial charge in [-0.05, 0) is 35.1 Å². The Hall–Kier alpha value is -1.34. The maximum absolute atomic E-state index is 10.1. The van der Waals surface area contributed by atoms with Crippen molar-refractivity contribution in [2.24, 2.45) is 0 Å². The van der Waals surface area contributed by atoms with Crippen molar-refractivity contribution in [3.8, 4) is 0 Å². The highest BCUT2D eigenvalue weighted by atomic mass is 16.3. The van der Waals surface area contributed by atoms with Crippen LogP contribution in [0.5, 0.6) is 0 Å². The van der Waals surface area contributed by atoms with Gasteiger partial charge in [-0.1, -0.05) is 36.4 Å². The van der Waals surface area contributed by atoms with E-state index in [4.69, 9.17) is 0 Å². The molecule has 3 rings (SSSR count). The van der Waals surface area contributed by atoms with Crippen LogP contribution < -0.4 is 0 Å². The largest absolute Gasteiger partial charge is 0.384 e. The Balaban J connectivity index is 2.23. The van der Waals surface area contributed by atoms with E-state index in [2.05, 4.69) is 18.2 Å². The van der Waals surface area contributed by atoms with Gasteiger partial charge in [0.25, 0.3) is 0 Å². The second-order valence-electron chi connectivity index (χ2n) is 3.87. The Kier molecular flexibility index (Phi) is 1.62. The molecule has 1 N–H and O–H groups in total. The van der Waals surface area contributed by atoms with E-state index in [-0.39, 0.29) is 6.10 Å². The number of rotatable bonds is 0. The van der Waals surface area contributed by atoms with Crippen LogP contribution in [0.2, 0.25) is 0 Å². The van der Waals surface area contributed by atoms with Crippen LogP contribution in [-0.4, -0.2) is 5.11 Å². The summed E-state index contributed by atoms with van der Waals surface area (Å²) in [6.45, 7) is 0. The highest BCUT2D eigenvalue weighted by Crippen LogP contribution is 2.44. The van der Waals surface area contributed by atoms with E-state index in [0.717, 1.165) is 18.4 Å². The minimum atomic E-state index is -0.355. The number of benzene rings is 1. The molecule has 1 nitrogen and oxygen atoms in total. The fourth-order valence-electron chi connectivity index (χ4n) is 2.40. The molecule has 0 saturated heterocycles. The van der Waals surface area contributed by atoms with Gasteiger partial charge in [-0.15, -0.1) is 0 Å². The number of aliphatic hydroxyl groups is 1. The first kappa shape index (κ1) is 8.01. The zero-order chi connectivity index (χ0) is 9.54. The number of hydrogen-bond donors (Lipinski definition) is 1. The van der Waals surface area contributed by atoms with E-state index in [9.17, 15) is 5.11 Å². The van der Waals surface area contributed by atoms with Crippen LogP contribution in [0.3, 0.4) is 0 Å². The molecule has 0 spiro atoms. The highest BCUT2D eigenvalue weighted by molar-refractivity contribution is 5.84. The Bertz CT molecular complexity index is 440. The molecule has 2 aliphatic rings. The van der Waals surface area contributed by atoms with Gasteiger partial charge >= 0.3 is 0 Å². The molecular weight excluding hydrogens is 172 g/mol. The van der Waals surface area contributed by atoms with Crippen LogP contribution in [0.25, 0.3) is 5.57 Å². The summed E-state index contributed by atoms with van der Waals surface area (Å²) in [5.74, 6) is 0. The average Bonchev–Trinajstić information content (AvgIpc) is 2.55. The van der Waals surface area contributed by atoms with Crippen LogP contribution in [0, 0.1) is 0 Å². The Labute approximate surface area is 83.4 Å². The lowest BCUT2D eigenvalue weighted by atomic mass is 9.97. The first-order valence-corrected chi connectivity index (χ1v) is 5.05. The molecule has 0 bridgehead atoms. The van der Waals surface area contributed by atoms with Crippen molar-refractivity contribution >= 4 is 5.57 Å². The predicted molar refractivity (Wildman–Crippen MR) is 56.7 cm³/mol. The minimum Gasteiger partial charge on any atom is -0.384 e. The van der Waals surface area contributed by atoms with Crippen molar-refractivity contribution in [1.82, 2.24) is 0 Å². The van der Waals surface area contributed by atoms with Gasteiger partial charge in [0.2, 0.25) is 0 Å². The van der Waals surface area contributed by atoms with Gasteiger partial charge in [-0.25, -0.2) is 0 Å². The van der Waals surface area contributed by atoms with Crippen molar-refractivity contribution in [1.29, 1.82) is 0 Å². The van der Waals surface area contributed by atoms with E-state index >= 15 is 0 Å². The summed E-state index contributed by atoms with van der Waals surface area (Å²) in [5.41, 5.74) is 4.74. The van der Waals surface area contributed by atoms with Gasteiger partial charge < -0.3 is 5.11 Å². The zero-order valence-corrected chi connectivity index (χ0v) is 7.90.